The van der Waals surface area contributed by atoms with Gasteiger partial charge in [0.05, 0.1) is 7.11 Å². The smallest absolute Gasteiger partial charge is 0.408 e. The minimum Gasteiger partial charge on any atom is -0.468 e. The average Bonchev–Trinajstić information content (AvgIpc) is 2.74. The van der Waals surface area contributed by atoms with E-state index in [9.17, 15) is 19.2 Å². The molecule has 2 N–H and O–H groups in total. The highest BCUT2D eigenvalue weighted by molar-refractivity contribution is 5.94. The number of esters is 1. The molecule has 0 aromatic heterocycles. The van der Waals surface area contributed by atoms with Crippen LogP contribution in [0.5, 0.6) is 0 Å². The van der Waals surface area contributed by atoms with Crippen molar-refractivity contribution in [1.29, 1.82) is 0 Å². The van der Waals surface area contributed by atoms with Gasteiger partial charge in [-0.2, -0.15) is 0 Å². The van der Waals surface area contributed by atoms with Crippen molar-refractivity contribution in [3.05, 3.63) is 34.9 Å². The summed E-state index contributed by atoms with van der Waals surface area (Å²) in [4.78, 5) is 52.0. The van der Waals surface area contributed by atoms with Gasteiger partial charge in [0.15, 0.2) is 0 Å². The van der Waals surface area contributed by atoms with Crippen molar-refractivity contribution in [2.45, 2.75) is 72.6 Å². The molecular weight excluding hydrogens is 450 g/mol. The van der Waals surface area contributed by atoms with E-state index in [-0.39, 0.29) is 12.3 Å². The minimum absolute atomic E-state index is 0.0193. The fourth-order valence-corrected chi connectivity index (χ4v) is 3.36. The number of amides is 3. The molecule has 192 valence electrons. The molecular formula is C26H37N3O6. The normalized spacial score (nSPS) is 12.7. The Labute approximate surface area is 207 Å². The van der Waals surface area contributed by atoms with Gasteiger partial charge >= 0.3 is 12.1 Å². The second-order valence-corrected chi connectivity index (χ2v) is 9.72. The van der Waals surface area contributed by atoms with Gasteiger partial charge in [0.25, 0.3) is 5.91 Å². The van der Waals surface area contributed by atoms with Gasteiger partial charge < -0.3 is 20.1 Å². The highest BCUT2D eigenvalue weighted by atomic mass is 16.6. The standard InChI is InChI=1S/C26H37N3O6/c1-10-29(24(32)20(13-16(2)3)28-25(33)35-26(6,7)8)22(23(31)27-15-21(30)34-9)19-14-17(4)11-12-18(19)5/h1,11-12,14,16,20,22H,13,15H2,2-9H3,(H,27,31)(H,28,33). The lowest BCUT2D eigenvalue weighted by Gasteiger charge is -2.31. The monoisotopic (exact) mass is 487 g/mol. The Bertz CT molecular complexity index is 974. The van der Waals surface area contributed by atoms with Crippen molar-refractivity contribution < 1.29 is 28.7 Å². The third-order valence-electron chi connectivity index (χ3n) is 4.94. The predicted octanol–water partition coefficient (Wildman–Crippen LogP) is 2.99. The molecule has 0 bridgehead atoms. The van der Waals surface area contributed by atoms with E-state index in [1.54, 1.807) is 33.8 Å². The van der Waals surface area contributed by atoms with Crippen LogP contribution in [0.1, 0.15) is 63.8 Å². The summed E-state index contributed by atoms with van der Waals surface area (Å²) in [7, 11) is 1.20. The lowest BCUT2D eigenvalue weighted by Crippen LogP contribution is -2.52. The summed E-state index contributed by atoms with van der Waals surface area (Å²) in [5.41, 5.74) is 1.31. The summed E-state index contributed by atoms with van der Waals surface area (Å²) >= 11 is 0. The van der Waals surface area contributed by atoms with Crippen molar-refractivity contribution in [2.24, 2.45) is 5.92 Å². The second kappa shape index (κ2) is 12.8. The zero-order chi connectivity index (χ0) is 26.9. The van der Waals surface area contributed by atoms with Crippen LogP contribution in [0.25, 0.3) is 0 Å². The molecule has 0 aliphatic carbocycles. The summed E-state index contributed by atoms with van der Waals surface area (Å²) in [6.07, 6.45) is 5.25. The number of methoxy groups -OCH3 is 1. The van der Waals surface area contributed by atoms with Gasteiger partial charge in [0, 0.05) is 6.04 Å². The lowest BCUT2D eigenvalue weighted by molar-refractivity contribution is -0.143. The summed E-state index contributed by atoms with van der Waals surface area (Å²) in [6, 6.07) is 5.48. The van der Waals surface area contributed by atoms with E-state index in [0.717, 1.165) is 16.0 Å². The first kappa shape index (κ1) is 29.5. The predicted molar refractivity (Wildman–Crippen MR) is 132 cm³/mol. The van der Waals surface area contributed by atoms with Crippen molar-refractivity contribution in [3.8, 4) is 12.5 Å². The van der Waals surface area contributed by atoms with E-state index in [0.29, 0.717) is 5.56 Å². The molecule has 1 aromatic carbocycles. The quantitative estimate of drug-likeness (QED) is 0.314. The number of hydrogen-bond acceptors (Lipinski definition) is 6. The van der Waals surface area contributed by atoms with Crippen LogP contribution in [0.2, 0.25) is 0 Å². The highest BCUT2D eigenvalue weighted by Crippen LogP contribution is 2.27. The maximum atomic E-state index is 13.7. The Balaban J connectivity index is 3.44. The first-order valence-electron chi connectivity index (χ1n) is 11.4. The van der Waals surface area contributed by atoms with Crippen LogP contribution in [-0.2, 0) is 23.9 Å². The van der Waals surface area contributed by atoms with E-state index >= 15 is 0 Å². The Hall–Kier alpha value is -3.54. The topological polar surface area (TPSA) is 114 Å². The highest BCUT2D eigenvalue weighted by Gasteiger charge is 2.37. The molecule has 3 amide bonds. The molecule has 9 heteroatoms. The number of benzene rings is 1. The van der Waals surface area contributed by atoms with Gasteiger partial charge in [0.1, 0.15) is 24.2 Å². The molecule has 1 rings (SSSR count). The second-order valence-electron chi connectivity index (χ2n) is 9.72. The maximum Gasteiger partial charge on any atom is 0.408 e. The molecule has 0 spiro atoms. The van der Waals surface area contributed by atoms with Crippen LogP contribution >= 0.6 is 0 Å². The van der Waals surface area contributed by atoms with E-state index < -0.39 is 48.1 Å². The molecule has 0 heterocycles. The van der Waals surface area contributed by atoms with Gasteiger partial charge in [-0.3, -0.25) is 19.3 Å². The Kier molecular flexibility index (Phi) is 10.8. The first-order chi connectivity index (χ1) is 16.2. The number of hydrogen-bond donors (Lipinski definition) is 2. The fraction of sp³-hybridized carbons (Fsp3) is 0.538. The third kappa shape index (κ3) is 9.32. The fourth-order valence-electron chi connectivity index (χ4n) is 3.36. The van der Waals surface area contributed by atoms with Crippen LogP contribution < -0.4 is 10.6 Å². The Morgan fingerprint density at radius 3 is 2.29 bits per heavy atom. The van der Waals surface area contributed by atoms with Crippen molar-refractivity contribution in [1.82, 2.24) is 15.5 Å². The molecule has 0 radical (unpaired) electrons. The molecule has 1 aromatic rings. The maximum absolute atomic E-state index is 13.7. The molecule has 0 aliphatic heterocycles. The minimum atomic E-state index is -1.24. The molecule has 2 atom stereocenters. The van der Waals surface area contributed by atoms with Crippen molar-refractivity contribution in [3.63, 3.8) is 0 Å². The van der Waals surface area contributed by atoms with E-state index in [1.807, 2.05) is 32.9 Å². The molecule has 0 aliphatic rings. The average molecular weight is 488 g/mol. The number of nitrogens with zero attached hydrogens (tertiary/aromatic N) is 1. The molecule has 0 fully saturated rings. The molecule has 9 nitrogen and oxygen atoms in total. The SMILES string of the molecule is C#CN(C(=O)C(CC(C)C)NC(=O)OC(C)(C)C)C(C(=O)NCC(=O)OC)c1cc(C)ccc1C. The molecule has 2 unspecified atom stereocenters. The number of ether oxygens (including phenoxy) is 2. The van der Waals surface area contributed by atoms with Gasteiger partial charge in [0.2, 0.25) is 5.91 Å². The summed E-state index contributed by atoms with van der Waals surface area (Å²) in [5, 5.41) is 5.08. The number of alkyl carbamates (subject to hydrolysis) is 1. The van der Waals surface area contributed by atoms with Crippen molar-refractivity contribution >= 4 is 23.9 Å². The van der Waals surface area contributed by atoms with Crippen LogP contribution in [-0.4, -0.2) is 54.1 Å². The number of rotatable bonds is 9. The van der Waals surface area contributed by atoms with Gasteiger partial charge in [-0.05, 0) is 58.1 Å². The van der Waals surface area contributed by atoms with E-state index in [4.69, 9.17) is 11.2 Å². The lowest BCUT2D eigenvalue weighted by atomic mass is 9.95. The number of nitrogens with one attached hydrogen (secondary N) is 2. The number of carbonyl (C=O) groups excluding carboxylic acids is 4. The zero-order valence-corrected chi connectivity index (χ0v) is 21.9. The Morgan fingerprint density at radius 1 is 1.14 bits per heavy atom. The van der Waals surface area contributed by atoms with Crippen LogP contribution in [0.15, 0.2) is 18.2 Å². The molecule has 0 saturated heterocycles. The third-order valence-corrected chi connectivity index (χ3v) is 4.94. The van der Waals surface area contributed by atoms with Crippen LogP contribution in [0.4, 0.5) is 4.79 Å². The van der Waals surface area contributed by atoms with Gasteiger partial charge in [-0.15, -0.1) is 0 Å². The molecule has 0 saturated carbocycles. The summed E-state index contributed by atoms with van der Waals surface area (Å²) < 4.78 is 9.91. The molecule has 35 heavy (non-hydrogen) atoms. The number of terminal acetylenes is 1. The number of carbonyl (C=O) groups is 4. The summed E-state index contributed by atoms with van der Waals surface area (Å²) in [5.74, 6) is -1.94. The van der Waals surface area contributed by atoms with E-state index in [1.165, 1.54) is 7.11 Å². The van der Waals surface area contributed by atoms with Crippen LogP contribution in [0, 0.1) is 32.2 Å². The van der Waals surface area contributed by atoms with E-state index in [2.05, 4.69) is 21.4 Å². The van der Waals surface area contributed by atoms with Crippen molar-refractivity contribution in [2.75, 3.05) is 13.7 Å². The van der Waals surface area contributed by atoms with Crippen LogP contribution in [0.3, 0.4) is 0 Å². The Morgan fingerprint density at radius 2 is 1.77 bits per heavy atom. The largest absolute Gasteiger partial charge is 0.468 e. The summed E-state index contributed by atoms with van der Waals surface area (Å²) in [6.45, 7) is 12.2. The van der Waals surface area contributed by atoms with Gasteiger partial charge in [-0.25, -0.2) is 4.79 Å². The number of aryl methyl sites for hydroxylation is 2. The first-order valence-corrected chi connectivity index (χ1v) is 11.4. The zero-order valence-electron chi connectivity index (χ0n) is 21.9. The van der Waals surface area contributed by atoms with Gasteiger partial charge in [-0.1, -0.05) is 44.0 Å².